The molecule has 1 fully saturated rings. The molecule has 0 bridgehead atoms. The van der Waals surface area contributed by atoms with E-state index in [1.807, 2.05) is 24.0 Å². The summed E-state index contributed by atoms with van der Waals surface area (Å²) in [4.78, 5) is 22.3. The second-order valence-electron chi connectivity index (χ2n) is 5.34. The Bertz CT molecular complexity index is 586. The molecule has 1 amide bonds. The van der Waals surface area contributed by atoms with Crippen LogP contribution in [0, 0.1) is 6.92 Å². The van der Waals surface area contributed by atoms with Gasteiger partial charge in [0.1, 0.15) is 0 Å². The maximum Gasteiger partial charge on any atom is 0.255 e. The van der Waals surface area contributed by atoms with Crippen LogP contribution in [0.1, 0.15) is 20.9 Å². The molecule has 1 aliphatic rings. The fourth-order valence-electron chi connectivity index (χ4n) is 2.51. The second kappa shape index (κ2) is 6.37. The van der Waals surface area contributed by atoms with Crippen LogP contribution in [0.25, 0.3) is 0 Å². The van der Waals surface area contributed by atoms with Crippen LogP contribution in [0.15, 0.2) is 35.8 Å². The highest BCUT2D eigenvalue weighted by Gasteiger charge is 2.22. The molecule has 3 rings (SSSR count). The molecule has 0 atom stereocenters. The smallest absolute Gasteiger partial charge is 0.255 e. The zero-order chi connectivity index (χ0) is 14.7. The molecule has 2 aromatic rings. The Kier molecular flexibility index (Phi) is 4.31. The Hall–Kier alpha value is -1.72. The van der Waals surface area contributed by atoms with E-state index in [0.29, 0.717) is 5.56 Å². The quantitative estimate of drug-likeness (QED) is 0.873. The third-order valence-corrected chi connectivity index (χ3v) is 4.64. The van der Waals surface area contributed by atoms with Gasteiger partial charge in [-0.3, -0.25) is 14.7 Å². The molecule has 3 heterocycles. The summed E-state index contributed by atoms with van der Waals surface area (Å²) >= 11 is 1.79. The zero-order valence-corrected chi connectivity index (χ0v) is 13.0. The van der Waals surface area contributed by atoms with Gasteiger partial charge in [0.2, 0.25) is 0 Å². The lowest BCUT2D eigenvalue weighted by Crippen LogP contribution is -2.48. The Morgan fingerprint density at radius 3 is 2.67 bits per heavy atom. The van der Waals surface area contributed by atoms with Gasteiger partial charge in [-0.25, -0.2) is 0 Å². The van der Waals surface area contributed by atoms with E-state index in [4.69, 9.17) is 0 Å². The van der Waals surface area contributed by atoms with Crippen molar-refractivity contribution in [3.8, 4) is 0 Å². The minimum absolute atomic E-state index is 0.0956. The molecule has 1 saturated heterocycles. The van der Waals surface area contributed by atoms with E-state index < -0.39 is 0 Å². The first-order valence-electron chi connectivity index (χ1n) is 7.19. The Balaban J connectivity index is 1.55. The predicted octanol–water partition coefficient (Wildman–Crippen LogP) is 2.41. The maximum atomic E-state index is 12.4. The number of carbonyl (C=O) groups excluding carboxylic acids is 1. The van der Waals surface area contributed by atoms with Gasteiger partial charge in [-0.1, -0.05) is 6.07 Å². The fourth-order valence-corrected chi connectivity index (χ4v) is 3.26. The molecule has 21 heavy (non-hydrogen) atoms. The number of aryl methyl sites for hydroxylation is 1. The lowest BCUT2D eigenvalue weighted by molar-refractivity contribution is 0.0629. The molecule has 0 unspecified atom stereocenters. The molecule has 110 valence electrons. The van der Waals surface area contributed by atoms with Crippen molar-refractivity contribution in [2.45, 2.75) is 13.5 Å². The number of hydrogen-bond acceptors (Lipinski definition) is 4. The summed E-state index contributed by atoms with van der Waals surface area (Å²) in [5.41, 5.74) is 1.62. The summed E-state index contributed by atoms with van der Waals surface area (Å²) in [6, 6.07) is 8.01. The van der Waals surface area contributed by atoms with Crippen LogP contribution in [0.3, 0.4) is 0 Å². The summed E-state index contributed by atoms with van der Waals surface area (Å²) in [5.74, 6) is 0.0956. The first kappa shape index (κ1) is 14.2. The number of aromatic nitrogens is 1. The van der Waals surface area contributed by atoms with Crippen LogP contribution in [0.4, 0.5) is 0 Å². The molecule has 0 aromatic carbocycles. The van der Waals surface area contributed by atoms with Crippen molar-refractivity contribution < 1.29 is 4.79 Å². The van der Waals surface area contributed by atoms with Crippen molar-refractivity contribution in [1.29, 1.82) is 0 Å². The highest BCUT2D eigenvalue weighted by Crippen LogP contribution is 2.14. The number of rotatable bonds is 3. The number of hydrogen-bond donors (Lipinski definition) is 0. The first-order chi connectivity index (χ1) is 10.2. The SMILES string of the molecule is Cc1ccc(C(=O)N2CCN(Cc3cccs3)CC2)cn1. The summed E-state index contributed by atoms with van der Waals surface area (Å²) in [6.45, 7) is 6.37. The van der Waals surface area contributed by atoms with Crippen molar-refractivity contribution in [1.82, 2.24) is 14.8 Å². The lowest BCUT2D eigenvalue weighted by atomic mass is 10.2. The standard InChI is InChI=1S/C16H19N3OS/c1-13-4-5-14(11-17-13)16(20)19-8-6-18(7-9-19)12-15-3-2-10-21-15/h2-5,10-11H,6-9,12H2,1H3. The van der Waals surface area contributed by atoms with E-state index in [0.717, 1.165) is 38.4 Å². The van der Waals surface area contributed by atoms with Gasteiger partial charge in [0.15, 0.2) is 0 Å². The Labute approximate surface area is 129 Å². The number of nitrogens with zero attached hydrogens (tertiary/aromatic N) is 3. The van der Waals surface area contributed by atoms with Gasteiger partial charge < -0.3 is 4.90 Å². The average molecular weight is 301 g/mol. The summed E-state index contributed by atoms with van der Waals surface area (Å²) in [7, 11) is 0. The Morgan fingerprint density at radius 1 is 1.24 bits per heavy atom. The molecule has 1 aliphatic heterocycles. The number of amides is 1. The van der Waals surface area contributed by atoms with Crippen LogP contribution in [0.5, 0.6) is 0 Å². The minimum atomic E-state index is 0.0956. The van der Waals surface area contributed by atoms with Gasteiger partial charge in [0.25, 0.3) is 5.91 Å². The van der Waals surface area contributed by atoms with E-state index in [2.05, 4.69) is 27.4 Å². The molecule has 4 nitrogen and oxygen atoms in total. The van der Waals surface area contributed by atoms with Crippen molar-refractivity contribution in [3.63, 3.8) is 0 Å². The summed E-state index contributed by atoms with van der Waals surface area (Å²) in [5, 5.41) is 2.11. The lowest BCUT2D eigenvalue weighted by Gasteiger charge is -2.34. The van der Waals surface area contributed by atoms with Gasteiger partial charge >= 0.3 is 0 Å². The summed E-state index contributed by atoms with van der Waals surface area (Å²) in [6.07, 6.45) is 1.68. The van der Waals surface area contributed by atoms with E-state index in [9.17, 15) is 4.79 Å². The number of pyridine rings is 1. The molecule has 0 N–H and O–H groups in total. The third kappa shape index (κ3) is 3.49. The largest absolute Gasteiger partial charge is 0.336 e. The number of thiophene rings is 1. The van der Waals surface area contributed by atoms with Gasteiger partial charge in [-0.05, 0) is 30.5 Å². The van der Waals surface area contributed by atoms with Crippen molar-refractivity contribution >= 4 is 17.2 Å². The number of piperazine rings is 1. The molecular formula is C16H19N3OS. The van der Waals surface area contributed by atoms with E-state index >= 15 is 0 Å². The molecule has 0 aliphatic carbocycles. The molecular weight excluding hydrogens is 282 g/mol. The second-order valence-corrected chi connectivity index (χ2v) is 6.37. The van der Waals surface area contributed by atoms with Gasteiger partial charge in [0.05, 0.1) is 5.56 Å². The Morgan fingerprint density at radius 2 is 2.05 bits per heavy atom. The molecule has 0 radical (unpaired) electrons. The maximum absolute atomic E-state index is 12.4. The van der Waals surface area contributed by atoms with Crippen LogP contribution in [-0.2, 0) is 6.54 Å². The summed E-state index contributed by atoms with van der Waals surface area (Å²) < 4.78 is 0. The van der Waals surface area contributed by atoms with Gasteiger partial charge in [0, 0.05) is 49.5 Å². The fraction of sp³-hybridized carbons (Fsp3) is 0.375. The van der Waals surface area contributed by atoms with Crippen LogP contribution in [0.2, 0.25) is 0 Å². The zero-order valence-electron chi connectivity index (χ0n) is 12.2. The van der Waals surface area contributed by atoms with Gasteiger partial charge in [-0.15, -0.1) is 11.3 Å². The van der Waals surface area contributed by atoms with Crippen molar-refractivity contribution in [3.05, 3.63) is 52.0 Å². The molecule has 5 heteroatoms. The van der Waals surface area contributed by atoms with Crippen molar-refractivity contribution in [2.75, 3.05) is 26.2 Å². The van der Waals surface area contributed by atoms with Crippen LogP contribution >= 0.6 is 11.3 Å². The van der Waals surface area contributed by atoms with E-state index in [1.165, 1.54) is 4.88 Å². The topological polar surface area (TPSA) is 36.4 Å². The van der Waals surface area contributed by atoms with E-state index in [1.54, 1.807) is 17.5 Å². The van der Waals surface area contributed by atoms with E-state index in [-0.39, 0.29) is 5.91 Å². The number of carbonyl (C=O) groups is 1. The van der Waals surface area contributed by atoms with Crippen LogP contribution < -0.4 is 0 Å². The minimum Gasteiger partial charge on any atom is -0.336 e. The predicted molar refractivity (Wildman–Crippen MR) is 84.5 cm³/mol. The van der Waals surface area contributed by atoms with Gasteiger partial charge in [-0.2, -0.15) is 0 Å². The first-order valence-corrected chi connectivity index (χ1v) is 8.07. The monoisotopic (exact) mass is 301 g/mol. The van der Waals surface area contributed by atoms with Crippen molar-refractivity contribution in [2.24, 2.45) is 0 Å². The third-order valence-electron chi connectivity index (χ3n) is 3.78. The normalized spacial score (nSPS) is 16.1. The molecule has 2 aromatic heterocycles. The molecule has 0 spiro atoms. The van der Waals surface area contributed by atoms with Crippen LogP contribution in [-0.4, -0.2) is 46.9 Å². The highest BCUT2D eigenvalue weighted by atomic mass is 32.1. The highest BCUT2D eigenvalue weighted by molar-refractivity contribution is 7.09. The average Bonchev–Trinajstić information content (AvgIpc) is 3.01. The molecule has 0 saturated carbocycles.